The fraction of sp³-hybridized carbons (Fsp3) is 0.351. The zero-order valence-corrected chi connectivity index (χ0v) is 45.4. The van der Waals surface area contributed by atoms with Crippen LogP contribution in [0, 0.1) is 0 Å². The highest BCUT2D eigenvalue weighted by Crippen LogP contribution is 2.38. The molecule has 0 aliphatic carbocycles. The van der Waals surface area contributed by atoms with E-state index in [-0.39, 0.29) is 11.4 Å². The minimum Gasteiger partial charge on any atom is -0.496 e. The summed E-state index contributed by atoms with van der Waals surface area (Å²) in [6, 6.07) is 59.8. The molecule has 0 aromatic heterocycles. The number of benzene rings is 6. The Morgan fingerprint density at radius 1 is 0.500 bits per heavy atom. The van der Waals surface area contributed by atoms with E-state index in [2.05, 4.69) is 205 Å². The summed E-state index contributed by atoms with van der Waals surface area (Å²) >= 11 is 0. The van der Waals surface area contributed by atoms with Crippen molar-refractivity contribution in [1.82, 2.24) is 0 Å². The van der Waals surface area contributed by atoms with E-state index in [0.717, 1.165) is 68.0 Å². The van der Waals surface area contributed by atoms with Gasteiger partial charge in [-0.15, -0.1) is 0 Å². The van der Waals surface area contributed by atoms with Crippen LogP contribution in [-0.2, 0) is 31.3 Å². The SMILES string of the molecule is CCCC[Si](C)(O[Si](C)(CCCc1cc(C(C)(C)c2ccc(OC)c(CCC[Si](C)(O[Si](C)(C)c3ccccc3)c3ccccc3)c2)ccc1OC(C)=O)c1ccccc1)c1ccccc1. The van der Waals surface area contributed by atoms with E-state index in [1.807, 2.05) is 6.07 Å². The Kier molecular flexibility index (Phi) is 17.3. The molecule has 348 valence electrons. The first-order chi connectivity index (χ1) is 31.5. The first-order valence-corrected chi connectivity index (χ1v) is 34.9. The summed E-state index contributed by atoms with van der Waals surface area (Å²) in [7, 11) is -7.49. The number of unbranched alkanes of at least 4 members (excludes halogenated alkanes) is 1. The highest BCUT2D eigenvalue weighted by molar-refractivity contribution is 6.98. The molecule has 0 N–H and O–H groups in total. The van der Waals surface area contributed by atoms with Crippen LogP contribution >= 0.6 is 0 Å². The van der Waals surface area contributed by atoms with Gasteiger partial charge in [0.25, 0.3) is 0 Å². The van der Waals surface area contributed by atoms with Crippen molar-refractivity contribution in [3.63, 3.8) is 0 Å². The smallest absolute Gasteiger partial charge is 0.308 e. The molecule has 0 heterocycles. The van der Waals surface area contributed by atoms with Gasteiger partial charge in [-0.3, -0.25) is 4.79 Å². The molecule has 6 aromatic carbocycles. The summed E-state index contributed by atoms with van der Waals surface area (Å²) in [4.78, 5) is 12.5. The molecule has 0 aliphatic rings. The minimum atomic E-state index is -2.45. The van der Waals surface area contributed by atoms with Gasteiger partial charge in [-0.1, -0.05) is 179 Å². The lowest BCUT2D eigenvalue weighted by Gasteiger charge is -2.39. The van der Waals surface area contributed by atoms with Gasteiger partial charge in [-0.25, -0.2) is 0 Å². The van der Waals surface area contributed by atoms with E-state index in [1.165, 1.54) is 44.4 Å². The Balaban J connectivity index is 1.25. The first-order valence-electron chi connectivity index (χ1n) is 24.1. The van der Waals surface area contributed by atoms with Gasteiger partial charge in [0.1, 0.15) is 11.5 Å². The van der Waals surface area contributed by atoms with E-state index in [9.17, 15) is 4.79 Å². The average Bonchev–Trinajstić information content (AvgIpc) is 3.32. The molecule has 9 heteroatoms. The normalized spacial score (nSPS) is 14.7. The van der Waals surface area contributed by atoms with Crippen LogP contribution in [0.5, 0.6) is 11.5 Å². The number of ether oxygens (including phenoxy) is 2. The molecule has 3 unspecified atom stereocenters. The number of rotatable bonds is 23. The van der Waals surface area contributed by atoms with E-state index in [0.29, 0.717) is 5.75 Å². The van der Waals surface area contributed by atoms with E-state index < -0.39 is 33.3 Å². The monoisotopic (exact) mass is 950 g/mol. The number of methoxy groups -OCH3 is 1. The summed E-state index contributed by atoms with van der Waals surface area (Å²) in [5.41, 5.74) is 4.31. The molecule has 6 rings (SSSR count). The molecule has 6 aromatic rings. The van der Waals surface area contributed by atoms with Crippen LogP contribution in [0.25, 0.3) is 0 Å². The summed E-state index contributed by atoms with van der Waals surface area (Å²) in [5, 5.41) is 5.37. The number of carbonyl (C=O) groups is 1. The topological polar surface area (TPSA) is 54.0 Å². The highest BCUT2D eigenvalue weighted by atomic mass is 28.4. The van der Waals surface area contributed by atoms with Crippen molar-refractivity contribution < 1.29 is 22.5 Å². The average molecular weight is 952 g/mol. The maximum Gasteiger partial charge on any atom is 0.308 e. The molecule has 0 fully saturated rings. The van der Waals surface area contributed by atoms with Gasteiger partial charge in [-0.05, 0) is 132 Å². The van der Waals surface area contributed by atoms with Gasteiger partial charge < -0.3 is 17.7 Å². The van der Waals surface area contributed by atoms with Crippen LogP contribution < -0.4 is 30.2 Å². The van der Waals surface area contributed by atoms with E-state index in [1.54, 1.807) is 7.11 Å². The molecule has 3 atom stereocenters. The van der Waals surface area contributed by atoms with Crippen LogP contribution in [0.4, 0.5) is 0 Å². The molecular formula is C57H74O5Si4. The predicted molar refractivity (Wildman–Crippen MR) is 288 cm³/mol. The minimum absolute atomic E-state index is 0.307. The molecule has 66 heavy (non-hydrogen) atoms. The second-order valence-corrected chi connectivity index (χ2v) is 35.6. The molecular weight excluding hydrogens is 877 g/mol. The number of hydrogen-bond donors (Lipinski definition) is 0. The quantitative estimate of drug-likeness (QED) is 0.0364. The number of esters is 1. The molecule has 0 radical (unpaired) electrons. The zero-order valence-electron chi connectivity index (χ0n) is 41.4. The van der Waals surface area contributed by atoms with E-state index >= 15 is 0 Å². The summed E-state index contributed by atoms with van der Waals surface area (Å²) in [6.45, 7) is 20.3. The maximum absolute atomic E-state index is 12.5. The van der Waals surface area contributed by atoms with Crippen LogP contribution in [-0.4, -0.2) is 46.3 Å². The first kappa shape index (κ1) is 50.8. The van der Waals surface area contributed by atoms with Gasteiger partial charge in [0, 0.05) is 12.3 Å². The van der Waals surface area contributed by atoms with Crippen LogP contribution in [0.3, 0.4) is 0 Å². The zero-order chi connectivity index (χ0) is 47.4. The molecule has 0 amide bonds. The lowest BCUT2D eigenvalue weighted by atomic mass is 9.76. The molecule has 0 spiro atoms. The predicted octanol–water partition coefficient (Wildman–Crippen LogP) is 12.2. The Morgan fingerprint density at radius 3 is 1.29 bits per heavy atom. The molecule has 0 aliphatic heterocycles. The third-order valence-electron chi connectivity index (χ3n) is 13.8. The van der Waals surface area contributed by atoms with Crippen molar-refractivity contribution in [2.24, 2.45) is 0 Å². The molecule has 5 nitrogen and oxygen atoms in total. The standard InChI is InChI=1S/C57H74O5Si4/c1-11-12-41-65(9,53-33-21-15-22-34-53)62-66(10,54-35-23-16-24-36-54)43-26-28-48-45-50(38-40-56(48)60-46(2)58)57(3,4)49-37-39-55(59-5)47(44-49)27-25-42-64(8,52-31-19-14-20-32-52)61-63(6,7)51-29-17-13-18-30-51/h13-24,29-40,44-45H,11-12,25-28,41-43H2,1-10H3. The fourth-order valence-electron chi connectivity index (χ4n) is 9.79. The summed E-state index contributed by atoms with van der Waals surface area (Å²) in [6.07, 6.45) is 5.85. The van der Waals surface area contributed by atoms with E-state index in [4.69, 9.17) is 17.7 Å². The van der Waals surface area contributed by atoms with Crippen molar-refractivity contribution in [2.75, 3.05) is 7.11 Å². The molecule has 0 saturated heterocycles. The third kappa shape index (κ3) is 12.7. The lowest BCUT2D eigenvalue weighted by molar-refractivity contribution is -0.131. The number of aryl methyl sites for hydroxylation is 2. The molecule has 0 bridgehead atoms. The lowest BCUT2D eigenvalue weighted by Crippen LogP contribution is -2.60. The Labute approximate surface area is 401 Å². The Bertz CT molecular complexity index is 2470. The Hall–Kier alpha value is -4.62. The van der Waals surface area contributed by atoms with Crippen molar-refractivity contribution in [2.45, 2.75) is 123 Å². The molecule has 0 saturated carbocycles. The van der Waals surface area contributed by atoms with Crippen LogP contribution in [0.2, 0.25) is 50.9 Å². The highest BCUT2D eigenvalue weighted by Gasteiger charge is 2.42. The largest absolute Gasteiger partial charge is 0.496 e. The number of hydrogen-bond acceptors (Lipinski definition) is 5. The Morgan fingerprint density at radius 2 is 0.879 bits per heavy atom. The maximum atomic E-state index is 12.5. The van der Waals surface area contributed by atoms with Gasteiger partial charge >= 0.3 is 5.97 Å². The summed E-state index contributed by atoms with van der Waals surface area (Å²) in [5.74, 6) is 1.25. The summed E-state index contributed by atoms with van der Waals surface area (Å²) < 4.78 is 27.0. The van der Waals surface area contributed by atoms with Gasteiger partial charge in [-0.2, -0.15) is 0 Å². The van der Waals surface area contributed by atoms with Crippen LogP contribution in [0.1, 0.15) is 75.6 Å². The van der Waals surface area contributed by atoms with Crippen molar-refractivity contribution in [3.05, 3.63) is 180 Å². The van der Waals surface area contributed by atoms with Crippen LogP contribution in [0.15, 0.2) is 158 Å². The van der Waals surface area contributed by atoms with Gasteiger partial charge in [0.15, 0.2) is 0 Å². The second-order valence-electron chi connectivity index (χ2n) is 19.7. The van der Waals surface area contributed by atoms with Crippen molar-refractivity contribution in [3.8, 4) is 11.5 Å². The number of carbonyl (C=O) groups excluding carboxylic acids is 1. The fourth-order valence-corrected chi connectivity index (χ4v) is 28.7. The van der Waals surface area contributed by atoms with Gasteiger partial charge in [0.2, 0.25) is 33.3 Å². The van der Waals surface area contributed by atoms with Gasteiger partial charge in [0.05, 0.1) is 7.11 Å². The second kappa shape index (κ2) is 22.4. The third-order valence-corrected chi connectivity index (χ3v) is 31.6. The van der Waals surface area contributed by atoms with Crippen molar-refractivity contribution in [1.29, 1.82) is 0 Å². The van der Waals surface area contributed by atoms with Crippen molar-refractivity contribution >= 4 is 60.0 Å².